The predicted octanol–water partition coefficient (Wildman–Crippen LogP) is 2.18. The summed E-state index contributed by atoms with van der Waals surface area (Å²) in [7, 11) is -2.79. The van der Waals surface area contributed by atoms with E-state index in [9.17, 15) is 18.0 Å². The summed E-state index contributed by atoms with van der Waals surface area (Å²) in [6.45, 7) is 2.37. The number of carbonyl (C=O) groups is 2. The molecular weight excluding hydrogens is 516 g/mol. The number of thiazole rings is 1. The van der Waals surface area contributed by atoms with Crippen molar-refractivity contribution in [2.24, 2.45) is 17.5 Å². The molecule has 198 valence electrons. The van der Waals surface area contributed by atoms with Crippen molar-refractivity contribution in [2.45, 2.75) is 43.7 Å². The van der Waals surface area contributed by atoms with Gasteiger partial charge in [0.2, 0.25) is 5.91 Å². The summed E-state index contributed by atoms with van der Waals surface area (Å²) in [6, 6.07) is 12.8. The van der Waals surface area contributed by atoms with Crippen LogP contribution in [-0.2, 0) is 54.5 Å². The number of nitrogens with one attached hydrogen (secondary N) is 1. The number of rotatable bonds is 12. The molecule has 1 amide bonds. The third-order valence-electron chi connectivity index (χ3n) is 5.83. The van der Waals surface area contributed by atoms with E-state index in [0.717, 1.165) is 28.8 Å². The SMILES string of the molecule is CCc1csc([C@H](Cc2ccc(S(=O)(=O)ON)cc2)NC(=O)[C@H](Cc2ccc(CN)cc2)C(=O)OC)n1. The Morgan fingerprint density at radius 3 is 2.16 bits per heavy atom. The van der Waals surface area contributed by atoms with Crippen molar-refractivity contribution in [3.63, 3.8) is 0 Å². The molecule has 0 fully saturated rings. The second-order valence-electron chi connectivity index (χ2n) is 8.29. The van der Waals surface area contributed by atoms with Gasteiger partial charge in [-0.05, 0) is 48.1 Å². The van der Waals surface area contributed by atoms with Crippen molar-refractivity contribution in [1.29, 1.82) is 0 Å². The summed E-state index contributed by atoms with van der Waals surface area (Å²) in [6.07, 6.45) is 1.19. The van der Waals surface area contributed by atoms with Gasteiger partial charge in [-0.25, -0.2) is 4.98 Å². The van der Waals surface area contributed by atoms with Gasteiger partial charge in [-0.3, -0.25) is 9.59 Å². The zero-order valence-electron chi connectivity index (χ0n) is 20.5. The van der Waals surface area contributed by atoms with Crippen molar-refractivity contribution in [3.05, 3.63) is 81.3 Å². The fourth-order valence-corrected chi connectivity index (χ4v) is 5.21. The summed E-state index contributed by atoms with van der Waals surface area (Å²) in [4.78, 5) is 30.5. The lowest BCUT2D eigenvalue weighted by Crippen LogP contribution is -2.40. The highest BCUT2D eigenvalue weighted by Crippen LogP contribution is 2.25. The molecule has 0 unspecified atom stereocenters. The first kappa shape index (κ1) is 28.4. The third kappa shape index (κ3) is 7.43. The highest BCUT2D eigenvalue weighted by Gasteiger charge is 2.31. The van der Waals surface area contributed by atoms with Crippen molar-refractivity contribution in [1.82, 2.24) is 10.3 Å². The molecule has 10 nitrogen and oxygen atoms in total. The van der Waals surface area contributed by atoms with E-state index >= 15 is 0 Å². The monoisotopic (exact) mass is 546 g/mol. The Morgan fingerprint density at radius 1 is 1.03 bits per heavy atom. The largest absolute Gasteiger partial charge is 0.468 e. The molecule has 0 saturated heterocycles. The molecule has 1 aromatic heterocycles. The molecule has 0 aliphatic heterocycles. The first-order chi connectivity index (χ1) is 17.7. The number of nitrogens with two attached hydrogens (primary N) is 2. The van der Waals surface area contributed by atoms with E-state index in [1.54, 1.807) is 12.1 Å². The van der Waals surface area contributed by atoms with Gasteiger partial charge in [-0.15, -0.1) is 11.3 Å². The summed E-state index contributed by atoms with van der Waals surface area (Å²) >= 11 is 1.40. The van der Waals surface area contributed by atoms with Crippen molar-refractivity contribution < 1.29 is 27.0 Å². The molecule has 3 aromatic rings. The lowest BCUT2D eigenvalue weighted by atomic mass is 9.96. The molecule has 0 spiro atoms. The minimum absolute atomic E-state index is 0.0896. The highest BCUT2D eigenvalue weighted by molar-refractivity contribution is 7.86. The maximum Gasteiger partial charge on any atom is 0.318 e. The average Bonchev–Trinajstić information content (AvgIpc) is 3.41. The number of esters is 1. The van der Waals surface area contributed by atoms with E-state index in [-0.39, 0.29) is 11.3 Å². The van der Waals surface area contributed by atoms with Crippen molar-refractivity contribution in [2.75, 3.05) is 7.11 Å². The summed E-state index contributed by atoms with van der Waals surface area (Å²) in [5.74, 6) is 2.63. The number of aryl methyl sites for hydroxylation is 1. The summed E-state index contributed by atoms with van der Waals surface area (Å²) in [5, 5.41) is 5.54. The van der Waals surface area contributed by atoms with Crippen molar-refractivity contribution >= 4 is 33.3 Å². The Kier molecular flexibility index (Phi) is 9.89. The van der Waals surface area contributed by atoms with Gasteiger partial charge in [0, 0.05) is 11.9 Å². The molecule has 2 aromatic carbocycles. The zero-order valence-corrected chi connectivity index (χ0v) is 22.2. The van der Waals surface area contributed by atoms with Gasteiger partial charge in [-0.1, -0.05) is 43.3 Å². The van der Waals surface area contributed by atoms with Crippen LogP contribution in [0.15, 0.2) is 58.8 Å². The number of carbonyl (C=O) groups excluding carboxylic acids is 2. The number of ether oxygens (including phenoxy) is 1. The highest BCUT2D eigenvalue weighted by atomic mass is 32.2. The Hall–Kier alpha value is -3.16. The van der Waals surface area contributed by atoms with E-state index in [2.05, 4.69) is 14.6 Å². The second-order valence-corrected chi connectivity index (χ2v) is 10.8. The van der Waals surface area contributed by atoms with Gasteiger partial charge in [0.15, 0.2) is 0 Å². The first-order valence-corrected chi connectivity index (χ1v) is 13.8. The number of nitrogens with zero attached hydrogens (tertiary/aromatic N) is 1. The van der Waals surface area contributed by atoms with Gasteiger partial charge in [0.05, 0.1) is 23.7 Å². The number of methoxy groups -OCH3 is 1. The van der Waals surface area contributed by atoms with Crippen LogP contribution < -0.4 is 16.9 Å². The topological polar surface area (TPSA) is 164 Å². The molecule has 0 saturated carbocycles. The average molecular weight is 547 g/mol. The Labute approximate surface area is 220 Å². The lowest BCUT2D eigenvalue weighted by Gasteiger charge is -2.21. The maximum atomic E-state index is 13.4. The van der Waals surface area contributed by atoms with Crippen LogP contribution in [-0.4, -0.2) is 32.4 Å². The number of benzene rings is 2. The molecule has 0 radical (unpaired) electrons. The Bertz CT molecular complexity index is 1310. The van der Waals surface area contributed by atoms with Crippen LogP contribution >= 0.6 is 11.3 Å². The lowest BCUT2D eigenvalue weighted by molar-refractivity contribution is -0.150. The number of hydrogen-bond acceptors (Lipinski definition) is 10. The van der Waals surface area contributed by atoms with Crippen LogP contribution in [0.3, 0.4) is 0 Å². The molecule has 0 aliphatic carbocycles. The fourth-order valence-electron chi connectivity index (χ4n) is 3.67. The molecule has 2 atom stereocenters. The van der Waals surface area contributed by atoms with E-state index in [4.69, 9.17) is 16.4 Å². The van der Waals surface area contributed by atoms with Gasteiger partial charge in [-0.2, -0.15) is 18.6 Å². The van der Waals surface area contributed by atoms with Crippen molar-refractivity contribution in [3.8, 4) is 0 Å². The Balaban J connectivity index is 1.85. The van der Waals surface area contributed by atoms with Crippen LogP contribution in [0, 0.1) is 5.92 Å². The number of aromatic nitrogens is 1. The normalized spacial score (nSPS) is 13.1. The van der Waals surface area contributed by atoms with Gasteiger partial charge >= 0.3 is 16.1 Å². The van der Waals surface area contributed by atoms with Crippen LogP contribution in [0.25, 0.3) is 0 Å². The minimum atomic E-state index is -4.03. The molecule has 12 heteroatoms. The molecule has 37 heavy (non-hydrogen) atoms. The summed E-state index contributed by atoms with van der Waals surface area (Å²) < 4.78 is 32.6. The van der Waals surface area contributed by atoms with Crippen LogP contribution in [0.2, 0.25) is 0 Å². The quantitative estimate of drug-likeness (QED) is 0.175. The smallest absolute Gasteiger partial charge is 0.318 e. The molecule has 0 bridgehead atoms. The van der Waals surface area contributed by atoms with Crippen LogP contribution in [0.4, 0.5) is 0 Å². The first-order valence-electron chi connectivity index (χ1n) is 11.5. The molecule has 0 aliphatic rings. The predicted molar refractivity (Wildman–Crippen MR) is 139 cm³/mol. The van der Waals surface area contributed by atoms with E-state index in [1.165, 1.54) is 30.6 Å². The number of hydrogen-bond donors (Lipinski definition) is 3. The van der Waals surface area contributed by atoms with Gasteiger partial charge in [0.1, 0.15) is 10.9 Å². The van der Waals surface area contributed by atoms with E-state index < -0.39 is 34.0 Å². The minimum Gasteiger partial charge on any atom is -0.468 e. The van der Waals surface area contributed by atoms with Gasteiger partial charge in [0.25, 0.3) is 0 Å². The summed E-state index contributed by atoms with van der Waals surface area (Å²) in [5.41, 5.74) is 9.01. The van der Waals surface area contributed by atoms with Gasteiger partial charge < -0.3 is 15.8 Å². The van der Waals surface area contributed by atoms with Crippen LogP contribution in [0.1, 0.15) is 40.4 Å². The third-order valence-corrected chi connectivity index (χ3v) is 7.94. The zero-order chi connectivity index (χ0) is 27.0. The number of amides is 1. The molecule has 5 N–H and O–H groups in total. The molecule has 1 heterocycles. The second kappa shape index (κ2) is 12.9. The standard InChI is InChI=1S/C25H30N4O6S2/c1-3-19-15-36-24(28-19)22(13-17-8-10-20(11-9-17)37(32,33)35-27)29-23(30)21(25(31)34-2)12-16-4-6-18(14-26)7-5-16/h4-11,15,21-22H,3,12-14,26-27H2,1-2H3,(H,29,30)/t21-,22-/m0/s1. The molecular formula is C25H30N4O6S2. The fraction of sp³-hybridized carbons (Fsp3) is 0.320. The van der Waals surface area contributed by atoms with E-state index in [1.807, 2.05) is 36.6 Å². The molecule has 3 rings (SSSR count). The van der Waals surface area contributed by atoms with E-state index in [0.29, 0.717) is 18.0 Å². The maximum absolute atomic E-state index is 13.4. The Morgan fingerprint density at radius 2 is 1.62 bits per heavy atom. The van der Waals surface area contributed by atoms with Crippen LogP contribution in [0.5, 0.6) is 0 Å².